The molecule has 1 aliphatic carbocycles. The van der Waals surface area contributed by atoms with E-state index in [0.29, 0.717) is 86.4 Å². The number of hydrogen-bond donors (Lipinski definition) is 5. The van der Waals surface area contributed by atoms with E-state index in [1.54, 1.807) is 11.1 Å². The van der Waals surface area contributed by atoms with Crippen LogP contribution in [-0.4, -0.2) is 84.8 Å². The van der Waals surface area contributed by atoms with Gasteiger partial charge in [0.25, 0.3) is 0 Å². The lowest BCUT2D eigenvalue weighted by Gasteiger charge is -2.27. The highest BCUT2D eigenvalue weighted by molar-refractivity contribution is 6.26. The van der Waals surface area contributed by atoms with Gasteiger partial charge >= 0.3 is 6.03 Å². The maximum atomic E-state index is 13.6. The van der Waals surface area contributed by atoms with Crippen LogP contribution in [-0.2, 0) is 16.0 Å². The van der Waals surface area contributed by atoms with Crippen LogP contribution in [0.15, 0.2) is 42.5 Å². The summed E-state index contributed by atoms with van der Waals surface area (Å²) in [4.78, 5) is 26.2. The van der Waals surface area contributed by atoms with Crippen molar-refractivity contribution in [2.45, 2.75) is 6.54 Å². The Kier molecular flexibility index (Phi) is 7.87. The van der Waals surface area contributed by atoms with Gasteiger partial charge in [-0.3, -0.25) is 15.3 Å². The number of nitrogens with zero attached hydrogens (tertiary/aromatic N) is 2. The lowest BCUT2D eigenvalue weighted by molar-refractivity contribution is 0.0207. The topological polar surface area (TPSA) is 141 Å². The number of ketones is 1. The first-order chi connectivity index (χ1) is 18.2. The molecule has 0 spiro atoms. The number of carbonyl (C=O) groups is 2. The summed E-state index contributed by atoms with van der Waals surface area (Å²) >= 11 is 0. The number of hydrazine groups is 1. The third-order valence-electron chi connectivity index (χ3n) is 6.29. The molecule has 0 radical (unpaired) electrons. The van der Waals surface area contributed by atoms with Crippen molar-refractivity contribution in [1.29, 1.82) is 0 Å². The van der Waals surface area contributed by atoms with Crippen LogP contribution in [0, 0.1) is 0 Å². The number of ether oxygens (including phenoxy) is 2. The lowest BCUT2D eigenvalue weighted by Crippen LogP contribution is -2.49. The fourth-order valence-electron chi connectivity index (χ4n) is 4.49. The quantitative estimate of drug-likeness (QED) is 0.205. The Labute approximate surface area is 214 Å². The molecule has 1 aliphatic heterocycles. The van der Waals surface area contributed by atoms with E-state index >= 15 is 0 Å². The minimum Gasteiger partial charge on any atom is -0.394 e. The van der Waals surface area contributed by atoms with Crippen molar-refractivity contribution in [3.8, 4) is 22.5 Å². The average molecular weight is 507 g/mol. The molecule has 1 fully saturated rings. The Balaban J connectivity index is 1.27. The van der Waals surface area contributed by atoms with Gasteiger partial charge in [0, 0.05) is 37.3 Å². The zero-order chi connectivity index (χ0) is 25.6. The van der Waals surface area contributed by atoms with Gasteiger partial charge in [0.05, 0.1) is 55.5 Å². The summed E-state index contributed by atoms with van der Waals surface area (Å²) in [5, 5.41) is 24.1. The number of urea groups is 1. The molecule has 1 saturated heterocycles. The largest absolute Gasteiger partial charge is 0.394 e. The van der Waals surface area contributed by atoms with Crippen LogP contribution in [0.25, 0.3) is 22.5 Å². The zero-order valence-electron chi connectivity index (χ0n) is 20.4. The third kappa shape index (κ3) is 5.55. The predicted molar refractivity (Wildman–Crippen MR) is 137 cm³/mol. The van der Waals surface area contributed by atoms with E-state index in [9.17, 15) is 9.59 Å². The van der Waals surface area contributed by atoms with Crippen LogP contribution in [0.1, 0.15) is 21.5 Å². The minimum absolute atomic E-state index is 0.0218. The van der Waals surface area contributed by atoms with Crippen molar-refractivity contribution in [2.75, 3.05) is 58.0 Å². The molecule has 3 aromatic rings. The van der Waals surface area contributed by atoms with Gasteiger partial charge in [0.1, 0.15) is 5.69 Å². The van der Waals surface area contributed by atoms with Crippen molar-refractivity contribution >= 4 is 17.5 Å². The first kappa shape index (κ1) is 25.1. The standard InChI is InChI=1S/C26H30N6O5/c33-11-15-36-12-8-27-16-17-4-6-18(7-5-17)23-22-24(30-29-23)19-2-1-3-20(21(19)25(22)34)28-26(35)31-32-9-13-37-14-10-32/h1-7,27,33H,8-16H2,(H,29,30)(H2,28,31,35). The number of aromatic amines is 1. The normalized spacial score (nSPS) is 14.9. The maximum absolute atomic E-state index is 13.6. The van der Waals surface area contributed by atoms with E-state index < -0.39 is 6.03 Å². The first-order valence-corrected chi connectivity index (χ1v) is 12.3. The van der Waals surface area contributed by atoms with E-state index in [1.807, 2.05) is 36.4 Å². The van der Waals surface area contributed by atoms with Crippen molar-refractivity contribution in [2.24, 2.45) is 0 Å². The summed E-state index contributed by atoms with van der Waals surface area (Å²) < 4.78 is 10.5. The fourth-order valence-corrected chi connectivity index (χ4v) is 4.49. The molecular formula is C26H30N6O5. The summed E-state index contributed by atoms with van der Waals surface area (Å²) in [7, 11) is 0. The number of aliphatic hydroxyl groups is 1. The van der Waals surface area contributed by atoms with Crippen molar-refractivity contribution < 1.29 is 24.2 Å². The van der Waals surface area contributed by atoms with Gasteiger partial charge in [-0.2, -0.15) is 5.10 Å². The number of aliphatic hydroxyl groups excluding tert-OH is 1. The third-order valence-corrected chi connectivity index (χ3v) is 6.29. The number of benzene rings is 2. The molecule has 0 unspecified atom stereocenters. The summed E-state index contributed by atoms with van der Waals surface area (Å²) in [5.41, 5.74) is 8.08. The molecule has 194 valence electrons. The second kappa shape index (κ2) is 11.6. The second-order valence-electron chi connectivity index (χ2n) is 8.75. The first-order valence-electron chi connectivity index (χ1n) is 12.3. The van der Waals surface area contributed by atoms with Gasteiger partial charge in [-0.15, -0.1) is 0 Å². The molecule has 1 aromatic heterocycles. The highest BCUT2D eigenvalue weighted by Crippen LogP contribution is 2.42. The minimum atomic E-state index is -0.402. The molecule has 2 amide bonds. The second-order valence-corrected chi connectivity index (χ2v) is 8.75. The Hall–Kier alpha value is -3.61. The van der Waals surface area contributed by atoms with Crippen LogP contribution in [0.5, 0.6) is 0 Å². The van der Waals surface area contributed by atoms with Crippen LogP contribution in [0.4, 0.5) is 10.5 Å². The molecule has 2 aliphatic rings. The molecule has 0 atom stereocenters. The lowest BCUT2D eigenvalue weighted by atomic mass is 10.0. The highest BCUT2D eigenvalue weighted by atomic mass is 16.5. The molecule has 5 rings (SSSR count). The summed E-state index contributed by atoms with van der Waals surface area (Å²) in [5.74, 6) is -0.176. The molecular weight excluding hydrogens is 476 g/mol. The summed E-state index contributed by atoms with van der Waals surface area (Å²) in [6, 6.07) is 12.9. The van der Waals surface area contributed by atoms with Gasteiger partial charge in [0.2, 0.25) is 0 Å². The smallest absolute Gasteiger partial charge is 0.333 e. The Morgan fingerprint density at radius 3 is 2.70 bits per heavy atom. The number of hydrogen-bond acceptors (Lipinski definition) is 8. The highest BCUT2D eigenvalue weighted by Gasteiger charge is 2.35. The molecule has 0 saturated carbocycles. The van der Waals surface area contributed by atoms with E-state index in [1.165, 1.54) is 0 Å². The Bertz CT molecular complexity index is 1250. The van der Waals surface area contributed by atoms with Crippen molar-refractivity contribution in [1.82, 2.24) is 25.9 Å². The number of carbonyl (C=O) groups excluding carboxylic acids is 2. The molecule has 2 heterocycles. The molecule has 11 nitrogen and oxygen atoms in total. The number of nitrogens with one attached hydrogen (secondary N) is 4. The van der Waals surface area contributed by atoms with Crippen LogP contribution < -0.4 is 16.1 Å². The van der Waals surface area contributed by atoms with E-state index in [2.05, 4.69) is 26.3 Å². The van der Waals surface area contributed by atoms with E-state index in [-0.39, 0.29) is 12.4 Å². The predicted octanol–water partition coefficient (Wildman–Crippen LogP) is 1.76. The SMILES string of the molecule is O=C(Nc1cccc2c1C(=O)c1c(-c3ccc(CNCCOCCO)cc3)n[nH]c1-2)NN1CCOCC1. The molecule has 2 aromatic carbocycles. The molecule has 11 heteroatoms. The molecule has 37 heavy (non-hydrogen) atoms. The van der Waals surface area contributed by atoms with Crippen LogP contribution >= 0.6 is 0 Å². The van der Waals surface area contributed by atoms with E-state index in [0.717, 1.165) is 11.1 Å². The number of rotatable bonds is 10. The summed E-state index contributed by atoms with van der Waals surface area (Å²) in [6.45, 7) is 4.57. The molecule has 0 bridgehead atoms. The van der Waals surface area contributed by atoms with Crippen molar-refractivity contribution in [3.05, 3.63) is 59.2 Å². The number of morpholine rings is 1. The summed E-state index contributed by atoms with van der Waals surface area (Å²) in [6.07, 6.45) is 0. The zero-order valence-corrected chi connectivity index (χ0v) is 20.4. The fraction of sp³-hybridized carbons (Fsp3) is 0.346. The molecule has 5 N–H and O–H groups in total. The number of fused-ring (bicyclic) bond motifs is 3. The van der Waals surface area contributed by atoms with Gasteiger partial charge in [-0.25, -0.2) is 9.80 Å². The van der Waals surface area contributed by atoms with Crippen molar-refractivity contribution in [3.63, 3.8) is 0 Å². The average Bonchev–Trinajstić information content (AvgIpc) is 3.47. The Morgan fingerprint density at radius 1 is 1.11 bits per heavy atom. The number of amides is 2. The van der Waals surface area contributed by atoms with Crippen LogP contribution in [0.2, 0.25) is 0 Å². The number of aromatic nitrogens is 2. The van der Waals surface area contributed by atoms with Gasteiger partial charge < -0.3 is 25.2 Å². The number of anilines is 1. The van der Waals surface area contributed by atoms with E-state index in [4.69, 9.17) is 14.6 Å². The van der Waals surface area contributed by atoms with Crippen LogP contribution in [0.3, 0.4) is 0 Å². The monoisotopic (exact) mass is 506 g/mol. The van der Waals surface area contributed by atoms with Gasteiger partial charge in [-0.05, 0) is 11.6 Å². The number of H-pyrrole nitrogens is 1. The maximum Gasteiger partial charge on any atom is 0.333 e. The Morgan fingerprint density at radius 2 is 1.92 bits per heavy atom. The van der Waals surface area contributed by atoms with Gasteiger partial charge in [-0.1, -0.05) is 36.4 Å². The van der Waals surface area contributed by atoms with Gasteiger partial charge in [0.15, 0.2) is 5.78 Å².